The van der Waals surface area contributed by atoms with Gasteiger partial charge in [0.15, 0.2) is 0 Å². The lowest BCUT2D eigenvalue weighted by molar-refractivity contribution is -0.130. The maximum Gasteiger partial charge on any atom is 0.256 e. The minimum Gasteiger partial charge on any atom is -0.364 e. The van der Waals surface area contributed by atoms with Crippen molar-refractivity contribution in [2.45, 2.75) is 37.4 Å². The monoisotopic (exact) mass is 401 g/mol. The van der Waals surface area contributed by atoms with E-state index in [9.17, 15) is 9.59 Å². The van der Waals surface area contributed by atoms with Gasteiger partial charge in [-0.3, -0.25) is 9.59 Å². The molecule has 1 aromatic carbocycles. The maximum absolute atomic E-state index is 13.0. The summed E-state index contributed by atoms with van der Waals surface area (Å²) >= 11 is 6.14. The van der Waals surface area contributed by atoms with Crippen molar-refractivity contribution in [2.24, 2.45) is 5.73 Å². The SMILES string of the molecule is CN(C)C(=O)CC1CN(C(=O)[C@@H]2CC[C@H](CN)O2)c2ccc(Cl)cc21.Cl. The Kier molecular flexibility index (Phi) is 6.91. The number of anilines is 1. The molecule has 2 aliphatic rings. The molecule has 2 N–H and O–H groups in total. The predicted octanol–water partition coefficient (Wildman–Crippen LogP) is 2.18. The second-order valence-corrected chi connectivity index (χ2v) is 7.34. The molecule has 1 unspecified atom stereocenters. The van der Waals surface area contributed by atoms with Gasteiger partial charge in [-0.05, 0) is 36.6 Å². The average Bonchev–Trinajstić information content (AvgIpc) is 3.19. The minimum absolute atomic E-state index is 0. The summed E-state index contributed by atoms with van der Waals surface area (Å²) in [7, 11) is 3.47. The van der Waals surface area contributed by atoms with Crippen LogP contribution in [-0.4, -0.2) is 56.1 Å². The zero-order valence-electron chi connectivity index (χ0n) is 15.0. The fourth-order valence-electron chi connectivity index (χ4n) is 3.53. The standard InChI is InChI=1S/C18H24ClN3O3.ClH/c1-21(2)17(23)7-11-10-22(15-5-3-12(19)8-14(11)15)18(24)16-6-4-13(9-20)25-16;/h3,5,8,11,13,16H,4,6-7,9-10,20H2,1-2H3;1H/t11?,13-,16+;/m1./s1. The largest absolute Gasteiger partial charge is 0.364 e. The Morgan fingerprint density at radius 3 is 2.69 bits per heavy atom. The Labute approximate surface area is 165 Å². The number of fused-ring (bicyclic) bond motifs is 1. The van der Waals surface area contributed by atoms with Crippen LogP contribution in [0.3, 0.4) is 0 Å². The average molecular weight is 402 g/mol. The van der Waals surface area contributed by atoms with Gasteiger partial charge in [-0.1, -0.05) is 11.6 Å². The van der Waals surface area contributed by atoms with Crippen LogP contribution in [0.4, 0.5) is 5.69 Å². The topological polar surface area (TPSA) is 75.9 Å². The highest BCUT2D eigenvalue weighted by atomic mass is 35.5. The van der Waals surface area contributed by atoms with Crippen LogP contribution in [0.1, 0.15) is 30.7 Å². The molecular formula is C18H25Cl2N3O3. The molecule has 2 amide bonds. The number of amides is 2. The summed E-state index contributed by atoms with van der Waals surface area (Å²) in [4.78, 5) is 28.4. The first-order valence-corrected chi connectivity index (χ1v) is 8.95. The van der Waals surface area contributed by atoms with E-state index in [0.29, 0.717) is 31.0 Å². The Balaban J connectivity index is 0.00000243. The fraction of sp³-hybridized carbons (Fsp3) is 0.556. The molecule has 2 aliphatic heterocycles. The molecule has 0 spiro atoms. The molecule has 3 atom stereocenters. The zero-order valence-corrected chi connectivity index (χ0v) is 16.6. The van der Waals surface area contributed by atoms with Crippen molar-refractivity contribution < 1.29 is 14.3 Å². The molecule has 6 nitrogen and oxygen atoms in total. The molecule has 0 radical (unpaired) electrons. The highest BCUT2D eigenvalue weighted by molar-refractivity contribution is 6.30. The van der Waals surface area contributed by atoms with Gasteiger partial charge in [0.2, 0.25) is 5.91 Å². The van der Waals surface area contributed by atoms with E-state index in [1.54, 1.807) is 30.0 Å². The minimum atomic E-state index is -0.458. The van der Waals surface area contributed by atoms with Gasteiger partial charge in [-0.2, -0.15) is 0 Å². The number of nitrogens with zero attached hydrogens (tertiary/aromatic N) is 2. The maximum atomic E-state index is 13.0. The quantitative estimate of drug-likeness (QED) is 0.838. The van der Waals surface area contributed by atoms with Crippen molar-refractivity contribution in [3.05, 3.63) is 28.8 Å². The van der Waals surface area contributed by atoms with Gasteiger partial charge < -0.3 is 20.3 Å². The van der Waals surface area contributed by atoms with Crippen molar-refractivity contribution in [1.29, 1.82) is 0 Å². The Morgan fingerprint density at radius 1 is 1.35 bits per heavy atom. The summed E-state index contributed by atoms with van der Waals surface area (Å²) in [6, 6.07) is 5.48. The Morgan fingerprint density at radius 2 is 2.08 bits per heavy atom. The van der Waals surface area contributed by atoms with Crippen LogP contribution in [0.5, 0.6) is 0 Å². The molecule has 144 valence electrons. The molecule has 8 heteroatoms. The van der Waals surface area contributed by atoms with Gasteiger partial charge in [-0.25, -0.2) is 0 Å². The molecule has 3 rings (SSSR count). The van der Waals surface area contributed by atoms with Crippen LogP contribution >= 0.6 is 24.0 Å². The third kappa shape index (κ3) is 4.14. The lowest BCUT2D eigenvalue weighted by Crippen LogP contribution is -2.39. The third-order valence-electron chi connectivity index (χ3n) is 4.95. The molecule has 0 saturated carbocycles. The predicted molar refractivity (Wildman–Crippen MR) is 104 cm³/mol. The van der Waals surface area contributed by atoms with Crippen molar-refractivity contribution in [1.82, 2.24) is 4.90 Å². The Bertz CT molecular complexity index is 684. The summed E-state index contributed by atoms with van der Waals surface area (Å²) in [5.41, 5.74) is 7.41. The highest BCUT2D eigenvalue weighted by Gasteiger charge is 2.39. The Hall–Kier alpha value is -1.34. The van der Waals surface area contributed by atoms with Gasteiger partial charge in [0.1, 0.15) is 6.10 Å². The highest BCUT2D eigenvalue weighted by Crippen LogP contribution is 2.41. The molecule has 0 bridgehead atoms. The smallest absolute Gasteiger partial charge is 0.256 e. The number of nitrogens with two attached hydrogens (primary N) is 1. The number of hydrogen-bond donors (Lipinski definition) is 1. The zero-order chi connectivity index (χ0) is 18.1. The molecule has 26 heavy (non-hydrogen) atoms. The van der Waals surface area contributed by atoms with Crippen LogP contribution < -0.4 is 10.6 Å². The van der Waals surface area contributed by atoms with Crippen LogP contribution in [0, 0.1) is 0 Å². The van der Waals surface area contributed by atoms with E-state index in [0.717, 1.165) is 17.7 Å². The lowest BCUT2D eigenvalue weighted by atomic mass is 9.97. The number of carbonyl (C=O) groups excluding carboxylic acids is 2. The van der Waals surface area contributed by atoms with E-state index < -0.39 is 6.10 Å². The lowest BCUT2D eigenvalue weighted by Gasteiger charge is -2.22. The molecular weight excluding hydrogens is 377 g/mol. The number of benzene rings is 1. The second kappa shape index (κ2) is 8.57. The van der Waals surface area contributed by atoms with Crippen LogP contribution in [0.2, 0.25) is 5.02 Å². The van der Waals surface area contributed by atoms with E-state index in [2.05, 4.69) is 0 Å². The summed E-state index contributed by atoms with van der Waals surface area (Å²) < 4.78 is 5.76. The van der Waals surface area contributed by atoms with Crippen LogP contribution in [-0.2, 0) is 14.3 Å². The van der Waals surface area contributed by atoms with Gasteiger partial charge in [0.25, 0.3) is 5.91 Å². The third-order valence-corrected chi connectivity index (χ3v) is 5.19. The first kappa shape index (κ1) is 21.0. The van der Waals surface area contributed by atoms with Crippen molar-refractivity contribution >= 4 is 41.5 Å². The van der Waals surface area contributed by atoms with Gasteiger partial charge in [0.05, 0.1) is 6.10 Å². The molecule has 1 aromatic rings. The summed E-state index contributed by atoms with van der Waals surface area (Å²) in [6.45, 7) is 0.900. The number of rotatable bonds is 4. The van der Waals surface area contributed by atoms with Gasteiger partial charge in [-0.15, -0.1) is 12.4 Å². The van der Waals surface area contributed by atoms with E-state index in [4.69, 9.17) is 22.1 Å². The first-order chi connectivity index (χ1) is 11.9. The van der Waals surface area contributed by atoms with E-state index in [1.807, 2.05) is 12.1 Å². The van der Waals surface area contributed by atoms with Crippen LogP contribution in [0.15, 0.2) is 18.2 Å². The summed E-state index contributed by atoms with van der Waals surface area (Å²) in [6.07, 6.45) is 1.33. The van der Waals surface area contributed by atoms with Crippen LogP contribution in [0.25, 0.3) is 0 Å². The summed E-state index contributed by atoms with van der Waals surface area (Å²) in [5, 5.41) is 0.607. The van der Waals surface area contributed by atoms with Crippen molar-refractivity contribution in [2.75, 3.05) is 32.1 Å². The van der Waals surface area contributed by atoms with Gasteiger partial charge in [0, 0.05) is 50.2 Å². The van der Waals surface area contributed by atoms with Crippen molar-refractivity contribution in [3.8, 4) is 0 Å². The van der Waals surface area contributed by atoms with Crippen molar-refractivity contribution in [3.63, 3.8) is 0 Å². The fourth-order valence-corrected chi connectivity index (χ4v) is 3.71. The van der Waals surface area contributed by atoms with Gasteiger partial charge >= 0.3 is 0 Å². The summed E-state index contributed by atoms with van der Waals surface area (Å²) in [5.74, 6) is -0.0795. The molecule has 1 saturated heterocycles. The van der Waals surface area contributed by atoms with E-state index >= 15 is 0 Å². The number of hydrogen-bond acceptors (Lipinski definition) is 4. The number of carbonyl (C=O) groups is 2. The first-order valence-electron chi connectivity index (χ1n) is 8.57. The molecule has 0 aliphatic carbocycles. The molecule has 0 aromatic heterocycles. The van der Waals surface area contributed by atoms with E-state index in [-0.39, 0.29) is 36.2 Å². The molecule has 1 fully saturated rings. The second-order valence-electron chi connectivity index (χ2n) is 6.90. The molecule has 2 heterocycles. The number of ether oxygens (including phenoxy) is 1. The van der Waals surface area contributed by atoms with E-state index in [1.165, 1.54) is 0 Å². The number of halogens is 2. The normalized spacial score (nSPS) is 24.2.